The molecule has 120 valence electrons. The van der Waals surface area contributed by atoms with Gasteiger partial charge < -0.3 is 18.9 Å². The largest absolute Gasteiger partial charge is 0.493 e. The minimum atomic E-state index is -0.444. The maximum atomic E-state index is 11.9. The summed E-state index contributed by atoms with van der Waals surface area (Å²) in [6.07, 6.45) is 0.265. The quantitative estimate of drug-likeness (QED) is 0.752. The summed E-state index contributed by atoms with van der Waals surface area (Å²) in [5.41, 5.74) is 0.600. The third-order valence-corrected chi connectivity index (χ3v) is 3.94. The zero-order valence-corrected chi connectivity index (χ0v) is 13.1. The number of carbonyl (C=O) groups excluding carboxylic acids is 1. The minimum Gasteiger partial charge on any atom is -0.493 e. The van der Waals surface area contributed by atoms with E-state index in [1.165, 1.54) is 0 Å². The van der Waals surface area contributed by atoms with Crippen LogP contribution in [0.15, 0.2) is 24.3 Å². The molecule has 0 unspecified atom stereocenters. The zero-order chi connectivity index (χ0) is 15.6. The molecule has 0 saturated carbocycles. The van der Waals surface area contributed by atoms with Crippen LogP contribution in [0.2, 0.25) is 0 Å². The van der Waals surface area contributed by atoms with Gasteiger partial charge in [-0.2, -0.15) is 0 Å². The van der Waals surface area contributed by atoms with Gasteiger partial charge in [-0.05, 0) is 24.6 Å². The lowest BCUT2D eigenvalue weighted by atomic mass is 9.90. The summed E-state index contributed by atoms with van der Waals surface area (Å²) in [5.74, 6) is 0.586. The highest BCUT2D eigenvalue weighted by atomic mass is 16.6. The third kappa shape index (κ3) is 3.59. The van der Waals surface area contributed by atoms with E-state index >= 15 is 0 Å². The molecular weight excluding hydrogens is 284 g/mol. The molecule has 2 aliphatic heterocycles. The molecule has 1 aromatic carbocycles. The first kappa shape index (κ1) is 15.3. The Bertz CT molecular complexity index is 528. The summed E-state index contributed by atoms with van der Waals surface area (Å²) in [4.78, 5) is 11.9. The van der Waals surface area contributed by atoms with Crippen LogP contribution in [0.25, 0.3) is 0 Å². The average Bonchev–Trinajstić information content (AvgIpc) is 2.43. The van der Waals surface area contributed by atoms with Crippen molar-refractivity contribution in [1.82, 2.24) is 0 Å². The van der Waals surface area contributed by atoms with E-state index in [9.17, 15) is 4.79 Å². The van der Waals surface area contributed by atoms with Crippen LogP contribution in [0.5, 0.6) is 5.75 Å². The number of hydrogen-bond donors (Lipinski definition) is 0. The van der Waals surface area contributed by atoms with Gasteiger partial charge in [0.05, 0.1) is 39.5 Å². The van der Waals surface area contributed by atoms with Gasteiger partial charge in [-0.25, -0.2) is 0 Å². The number of benzene rings is 1. The van der Waals surface area contributed by atoms with Crippen molar-refractivity contribution in [2.45, 2.75) is 25.9 Å². The third-order valence-electron chi connectivity index (χ3n) is 3.94. The first-order valence-electron chi connectivity index (χ1n) is 7.56. The second-order valence-electron chi connectivity index (χ2n) is 6.83. The molecule has 2 fully saturated rings. The Morgan fingerprint density at radius 1 is 1.09 bits per heavy atom. The van der Waals surface area contributed by atoms with E-state index in [4.69, 9.17) is 18.9 Å². The zero-order valence-electron chi connectivity index (χ0n) is 13.1. The van der Waals surface area contributed by atoms with Crippen molar-refractivity contribution in [3.63, 3.8) is 0 Å². The lowest BCUT2D eigenvalue weighted by Crippen LogP contribution is -2.50. The van der Waals surface area contributed by atoms with Crippen molar-refractivity contribution in [2.24, 2.45) is 5.41 Å². The number of carbonyl (C=O) groups is 1. The molecule has 5 nitrogen and oxygen atoms in total. The predicted octanol–water partition coefficient (Wildman–Crippen LogP) is 1.98. The minimum absolute atomic E-state index is 0.128. The maximum Gasteiger partial charge on any atom is 0.310 e. The fraction of sp³-hybridized carbons (Fsp3) is 0.588. The fourth-order valence-corrected chi connectivity index (χ4v) is 2.42. The Kier molecular flexibility index (Phi) is 4.10. The van der Waals surface area contributed by atoms with Gasteiger partial charge in [0.25, 0.3) is 0 Å². The van der Waals surface area contributed by atoms with E-state index in [2.05, 4.69) is 6.92 Å². The van der Waals surface area contributed by atoms with Crippen molar-refractivity contribution >= 4 is 5.97 Å². The summed E-state index contributed by atoms with van der Waals surface area (Å²) in [6.45, 7) is 7.13. The second kappa shape index (κ2) is 5.89. The highest BCUT2D eigenvalue weighted by Gasteiger charge is 2.37. The molecule has 2 saturated heterocycles. The Morgan fingerprint density at radius 3 is 2.23 bits per heavy atom. The van der Waals surface area contributed by atoms with E-state index in [0.29, 0.717) is 19.8 Å². The lowest BCUT2D eigenvalue weighted by molar-refractivity contribution is -0.205. The van der Waals surface area contributed by atoms with Crippen LogP contribution in [0.4, 0.5) is 0 Å². The van der Waals surface area contributed by atoms with Crippen molar-refractivity contribution in [3.05, 3.63) is 29.8 Å². The van der Waals surface area contributed by atoms with E-state index in [-0.39, 0.29) is 17.8 Å². The molecule has 0 aliphatic carbocycles. The number of hydrogen-bond acceptors (Lipinski definition) is 5. The molecule has 2 heterocycles. The summed E-state index contributed by atoms with van der Waals surface area (Å²) in [7, 11) is 0. The summed E-state index contributed by atoms with van der Waals surface area (Å²) in [5, 5.41) is 0. The smallest absolute Gasteiger partial charge is 0.310 e. The van der Waals surface area contributed by atoms with Crippen LogP contribution in [0.3, 0.4) is 0 Å². The first-order valence-corrected chi connectivity index (χ1v) is 7.56. The molecule has 0 aromatic heterocycles. The summed E-state index contributed by atoms with van der Waals surface area (Å²) < 4.78 is 21.5. The molecule has 0 amide bonds. The Labute approximate surface area is 130 Å². The molecular formula is C17H22O5. The van der Waals surface area contributed by atoms with Crippen LogP contribution in [-0.2, 0) is 25.4 Å². The van der Waals surface area contributed by atoms with Gasteiger partial charge >= 0.3 is 5.97 Å². The molecule has 0 N–H and O–H groups in total. The Morgan fingerprint density at radius 2 is 1.73 bits per heavy atom. The molecule has 5 heteroatoms. The van der Waals surface area contributed by atoms with Crippen LogP contribution in [0, 0.1) is 5.41 Å². The number of esters is 1. The highest BCUT2D eigenvalue weighted by molar-refractivity contribution is 5.73. The molecule has 0 atom stereocenters. The van der Waals surface area contributed by atoms with Gasteiger partial charge in [0.2, 0.25) is 0 Å². The molecule has 1 aromatic rings. The molecule has 3 rings (SSSR count). The van der Waals surface area contributed by atoms with Crippen molar-refractivity contribution in [2.75, 3.05) is 33.0 Å². The van der Waals surface area contributed by atoms with Crippen molar-refractivity contribution < 1.29 is 23.7 Å². The van der Waals surface area contributed by atoms with Crippen LogP contribution in [-0.4, -0.2) is 44.6 Å². The Balaban J connectivity index is 1.47. The topological polar surface area (TPSA) is 54.0 Å². The van der Waals surface area contributed by atoms with E-state index in [1.807, 2.05) is 31.2 Å². The second-order valence-corrected chi connectivity index (χ2v) is 6.83. The van der Waals surface area contributed by atoms with Gasteiger partial charge in [-0.15, -0.1) is 0 Å². The van der Waals surface area contributed by atoms with E-state index < -0.39 is 5.60 Å². The maximum absolute atomic E-state index is 11.9. The molecule has 2 aliphatic rings. The highest BCUT2D eigenvalue weighted by Crippen LogP contribution is 2.27. The van der Waals surface area contributed by atoms with Gasteiger partial charge in [-0.1, -0.05) is 19.1 Å². The van der Waals surface area contributed by atoms with Gasteiger partial charge in [0.15, 0.2) is 5.60 Å². The lowest BCUT2D eigenvalue weighted by Gasteiger charge is -2.37. The fourth-order valence-electron chi connectivity index (χ4n) is 2.42. The predicted molar refractivity (Wildman–Crippen MR) is 79.9 cm³/mol. The van der Waals surface area contributed by atoms with Gasteiger partial charge in [0.1, 0.15) is 5.75 Å². The molecule has 22 heavy (non-hydrogen) atoms. The Hall–Kier alpha value is -1.59. The summed E-state index contributed by atoms with van der Waals surface area (Å²) >= 11 is 0. The van der Waals surface area contributed by atoms with Crippen LogP contribution >= 0.6 is 0 Å². The van der Waals surface area contributed by atoms with Crippen LogP contribution < -0.4 is 4.74 Å². The summed E-state index contributed by atoms with van der Waals surface area (Å²) in [6, 6.07) is 7.57. The standard InChI is InChI=1S/C17H22O5/c1-16(8-19-9-16)10-21-14-5-3-13(4-6-14)7-15(18)22-17(2)11-20-12-17/h3-6H,7-12H2,1-2H3. The van der Waals surface area contributed by atoms with E-state index in [0.717, 1.165) is 24.5 Å². The first-order chi connectivity index (χ1) is 10.5. The number of ether oxygens (including phenoxy) is 4. The SMILES string of the molecule is CC1(COc2ccc(CC(=O)OC3(C)COC3)cc2)COC1. The van der Waals surface area contributed by atoms with Crippen molar-refractivity contribution in [1.29, 1.82) is 0 Å². The molecule has 0 bridgehead atoms. The average molecular weight is 306 g/mol. The monoisotopic (exact) mass is 306 g/mol. The van der Waals surface area contributed by atoms with Crippen LogP contribution in [0.1, 0.15) is 19.4 Å². The van der Waals surface area contributed by atoms with Crippen molar-refractivity contribution in [3.8, 4) is 5.75 Å². The van der Waals surface area contributed by atoms with Gasteiger partial charge in [-0.3, -0.25) is 4.79 Å². The van der Waals surface area contributed by atoms with Gasteiger partial charge in [0, 0.05) is 5.41 Å². The molecule has 0 spiro atoms. The molecule has 0 radical (unpaired) electrons. The van der Waals surface area contributed by atoms with E-state index in [1.54, 1.807) is 0 Å². The normalized spacial score (nSPS) is 21.4. The number of rotatable bonds is 6.